The third kappa shape index (κ3) is 4.39. The van der Waals surface area contributed by atoms with Gasteiger partial charge in [-0.1, -0.05) is 34.6 Å². The smallest absolute Gasteiger partial charge is 0.421 e. The van der Waals surface area contributed by atoms with Crippen LogP contribution < -0.4 is 5.43 Å². The van der Waals surface area contributed by atoms with Crippen LogP contribution in [0.2, 0.25) is 0 Å². The van der Waals surface area contributed by atoms with Crippen molar-refractivity contribution in [3.05, 3.63) is 0 Å². The third-order valence-corrected chi connectivity index (χ3v) is 2.47. The fourth-order valence-corrected chi connectivity index (χ4v) is 1.92. The second kappa shape index (κ2) is 5.04. The summed E-state index contributed by atoms with van der Waals surface area (Å²) in [5.41, 5.74) is 2.97. The normalized spacial score (nSPS) is 23.1. The number of nitrogens with one attached hydrogen (secondary N) is 1. The van der Waals surface area contributed by atoms with Crippen LogP contribution in [0.25, 0.3) is 0 Å². The van der Waals surface area contributed by atoms with E-state index in [2.05, 4.69) is 40.0 Å². The summed E-state index contributed by atoms with van der Waals surface area (Å²) in [5, 5.41) is 2.03. The van der Waals surface area contributed by atoms with Gasteiger partial charge in [-0.2, -0.15) is 0 Å². The SMILES string of the molecule is CC(C)C[C@H]1COC(=O)NN1CC(C)(C)C. The third-order valence-electron chi connectivity index (χ3n) is 2.47. The first-order valence-corrected chi connectivity index (χ1v) is 5.98. The Morgan fingerprint density at radius 2 is 2.12 bits per heavy atom. The highest BCUT2D eigenvalue weighted by Gasteiger charge is 2.30. The van der Waals surface area contributed by atoms with Crippen LogP contribution >= 0.6 is 0 Å². The molecule has 1 amide bonds. The molecule has 0 aromatic heterocycles. The fraction of sp³-hybridized carbons (Fsp3) is 0.917. The number of carbonyl (C=O) groups is 1. The summed E-state index contributed by atoms with van der Waals surface area (Å²) in [6, 6.07) is 0.289. The molecule has 4 nitrogen and oxygen atoms in total. The van der Waals surface area contributed by atoms with Crippen molar-refractivity contribution in [3.63, 3.8) is 0 Å². The molecule has 0 bridgehead atoms. The van der Waals surface area contributed by atoms with E-state index in [4.69, 9.17) is 4.74 Å². The predicted octanol–water partition coefficient (Wildman–Crippen LogP) is 2.40. The quantitative estimate of drug-likeness (QED) is 0.806. The highest BCUT2D eigenvalue weighted by atomic mass is 16.6. The summed E-state index contributed by atoms with van der Waals surface area (Å²) >= 11 is 0. The van der Waals surface area contributed by atoms with Gasteiger partial charge in [-0.05, 0) is 17.8 Å². The van der Waals surface area contributed by atoms with Gasteiger partial charge in [0.1, 0.15) is 6.61 Å². The second-order valence-corrected chi connectivity index (χ2v) is 6.18. The van der Waals surface area contributed by atoms with E-state index in [0.717, 1.165) is 13.0 Å². The molecule has 1 saturated heterocycles. The minimum Gasteiger partial charge on any atom is -0.447 e. The fourth-order valence-electron chi connectivity index (χ4n) is 1.92. The van der Waals surface area contributed by atoms with E-state index in [9.17, 15) is 4.79 Å². The van der Waals surface area contributed by atoms with Gasteiger partial charge in [-0.3, -0.25) is 5.43 Å². The van der Waals surface area contributed by atoms with Crippen molar-refractivity contribution in [2.45, 2.75) is 47.1 Å². The topological polar surface area (TPSA) is 41.6 Å². The Labute approximate surface area is 98.3 Å². The predicted molar refractivity (Wildman–Crippen MR) is 63.9 cm³/mol. The molecule has 0 radical (unpaired) electrons. The maximum absolute atomic E-state index is 11.2. The molecule has 1 fully saturated rings. The molecule has 0 saturated carbocycles. The number of hydrogen-bond donors (Lipinski definition) is 1. The summed E-state index contributed by atoms with van der Waals surface area (Å²) in [6.07, 6.45) is 0.709. The van der Waals surface area contributed by atoms with E-state index >= 15 is 0 Å². The molecule has 1 rings (SSSR count). The molecule has 1 N–H and O–H groups in total. The van der Waals surface area contributed by atoms with Gasteiger partial charge in [0.25, 0.3) is 0 Å². The van der Waals surface area contributed by atoms with Crippen LogP contribution in [0.4, 0.5) is 4.79 Å². The van der Waals surface area contributed by atoms with E-state index < -0.39 is 0 Å². The summed E-state index contributed by atoms with van der Waals surface area (Å²) in [4.78, 5) is 11.2. The Morgan fingerprint density at radius 3 is 2.62 bits per heavy atom. The van der Waals surface area contributed by atoms with Gasteiger partial charge >= 0.3 is 6.09 Å². The van der Waals surface area contributed by atoms with Crippen LogP contribution in [0.5, 0.6) is 0 Å². The monoisotopic (exact) mass is 228 g/mol. The molecule has 1 aliphatic heterocycles. The van der Waals surface area contributed by atoms with Crippen molar-refractivity contribution in [1.82, 2.24) is 10.4 Å². The van der Waals surface area contributed by atoms with E-state index in [1.165, 1.54) is 0 Å². The van der Waals surface area contributed by atoms with Crippen LogP contribution in [0.15, 0.2) is 0 Å². The minimum absolute atomic E-state index is 0.167. The first kappa shape index (κ1) is 13.3. The lowest BCUT2D eigenvalue weighted by Crippen LogP contribution is -2.58. The molecule has 4 heteroatoms. The maximum Gasteiger partial charge on any atom is 0.421 e. The van der Waals surface area contributed by atoms with Crippen molar-refractivity contribution >= 4 is 6.09 Å². The van der Waals surface area contributed by atoms with Crippen LogP contribution in [0, 0.1) is 11.3 Å². The molecule has 1 atom stereocenters. The van der Waals surface area contributed by atoms with E-state index in [1.807, 2.05) is 5.01 Å². The average molecular weight is 228 g/mol. The van der Waals surface area contributed by atoms with Gasteiger partial charge in [0.05, 0.1) is 6.04 Å². The number of ether oxygens (including phenoxy) is 1. The number of amides is 1. The maximum atomic E-state index is 11.2. The van der Waals surface area contributed by atoms with E-state index in [0.29, 0.717) is 12.5 Å². The number of cyclic esters (lactones) is 1. The van der Waals surface area contributed by atoms with Gasteiger partial charge in [-0.25, -0.2) is 9.80 Å². The Balaban J connectivity index is 2.61. The Hall–Kier alpha value is -0.770. The zero-order chi connectivity index (χ0) is 12.3. The standard InChI is InChI=1S/C12H24N2O2/c1-9(2)6-10-7-16-11(15)13-14(10)8-12(3,4)5/h9-10H,6-8H2,1-5H3,(H,13,15)/t10-/m0/s1. The molecule has 0 unspecified atom stereocenters. The lowest BCUT2D eigenvalue weighted by Gasteiger charge is -2.39. The lowest BCUT2D eigenvalue weighted by molar-refractivity contribution is -0.0155. The minimum atomic E-state index is -0.329. The first-order chi connectivity index (χ1) is 7.28. The molecule has 0 aromatic rings. The van der Waals surface area contributed by atoms with Gasteiger partial charge in [-0.15, -0.1) is 0 Å². The molecular weight excluding hydrogens is 204 g/mol. The van der Waals surface area contributed by atoms with Crippen molar-refractivity contribution in [2.75, 3.05) is 13.2 Å². The summed E-state index contributed by atoms with van der Waals surface area (Å²) in [7, 11) is 0. The van der Waals surface area contributed by atoms with Gasteiger partial charge in [0.2, 0.25) is 0 Å². The van der Waals surface area contributed by atoms with Gasteiger partial charge < -0.3 is 4.74 Å². The van der Waals surface area contributed by atoms with E-state index in [-0.39, 0.29) is 17.6 Å². The summed E-state index contributed by atoms with van der Waals surface area (Å²) in [5.74, 6) is 0.603. The van der Waals surface area contributed by atoms with Gasteiger partial charge in [0, 0.05) is 6.54 Å². The van der Waals surface area contributed by atoms with Crippen molar-refractivity contribution < 1.29 is 9.53 Å². The molecule has 0 aliphatic carbocycles. The lowest BCUT2D eigenvalue weighted by atomic mass is 9.95. The zero-order valence-corrected chi connectivity index (χ0v) is 11.0. The number of hydrogen-bond acceptors (Lipinski definition) is 3. The molecule has 0 aromatic carbocycles. The number of carbonyl (C=O) groups excluding carboxylic acids is 1. The largest absolute Gasteiger partial charge is 0.447 e. The number of hydrazine groups is 1. The highest BCUT2D eigenvalue weighted by Crippen LogP contribution is 2.20. The zero-order valence-electron chi connectivity index (χ0n) is 11.0. The second-order valence-electron chi connectivity index (χ2n) is 6.18. The molecule has 1 heterocycles. The summed E-state index contributed by atoms with van der Waals surface area (Å²) in [6.45, 7) is 12.2. The van der Waals surface area contributed by atoms with Crippen molar-refractivity contribution in [3.8, 4) is 0 Å². The Kier molecular flexibility index (Phi) is 4.19. The molecular formula is C12H24N2O2. The Bertz CT molecular complexity index is 246. The van der Waals surface area contributed by atoms with E-state index in [1.54, 1.807) is 0 Å². The number of nitrogens with zero attached hydrogens (tertiary/aromatic N) is 1. The van der Waals surface area contributed by atoms with Crippen LogP contribution in [-0.4, -0.2) is 30.3 Å². The van der Waals surface area contributed by atoms with Crippen LogP contribution in [0.3, 0.4) is 0 Å². The van der Waals surface area contributed by atoms with Crippen molar-refractivity contribution in [2.24, 2.45) is 11.3 Å². The summed E-state index contributed by atoms with van der Waals surface area (Å²) < 4.78 is 5.04. The molecule has 16 heavy (non-hydrogen) atoms. The van der Waals surface area contributed by atoms with Gasteiger partial charge in [0.15, 0.2) is 0 Å². The molecule has 0 spiro atoms. The van der Waals surface area contributed by atoms with Crippen molar-refractivity contribution in [1.29, 1.82) is 0 Å². The highest BCUT2D eigenvalue weighted by molar-refractivity contribution is 5.67. The van der Waals surface area contributed by atoms with Crippen LogP contribution in [0.1, 0.15) is 41.0 Å². The number of rotatable bonds is 3. The Morgan fingerprint density at radius 1 is 1.50 bits per heavy atom. The average Bonchev–Trinajstić information content (AvgIpc) is 2.06. The first-order valence-electron chi connectivity index (χ1n) is 5.98. The molecule has 94 valence electrons. The van der Waals surface area contributed by atoms with Crippen LogP contribution in [-0.2, 0) is 4.74 Å². The molecule has 1 aliphatic rings.